The highest BCUT2D eigenvalue weighted by Crippen LogP contribution is 2.42. The molecule has 1 heterocycles. The quantitative estimate of drug-likeness (QED) is 0.244. The van der Waals surface area contributed by atoms with Gasteiger partial charge in [0.25, 0.3) is 0 Å². The van der Waals surface area contributed by atoms with Crippen LogP contribution in [0.15, 0.2) is 34.8 Å². The van der Waals surface area contributed by atoms with Crippen LogP contribution in [0, 0.1) is 5.92 Å². The summed E-state index contributed by atoms with van der Waals surface area (Å²) in [6, 6.07) is 0. The summed E-state index contributed by atoms with van der Waals surface area (Å²) in [4.78, 5) is 12.6. The van der Waals surface area contributed by atoms with Crippen molar-refractivity contribution in [2.45, 2.75) is 116 Å². The SMILES string of the molecule is CCCC/C=C/CCCCCCCCCC1(O)CC(=O)C2=C(O)C(C)C(O)C(C)=C2O1. The number of ketones is 1. The van der Waals surface area contributed by atoms with Crippen LogP contribution in [0.2, 0.25) is 0 Å². The molecule has 0 aromatic heterocycles. The van der Waals surface area contributed by atoms with E-state index in [2.05, 4.69) is 19.1 Å². The van der Waals surface area contributed by atoms with E-state index in [1.165, 1.54) is 51.4 Å². The number of fused-ring (bicyclic) bond motifs is 1. The maximum atomic E-state index is 12.6. The zero-order valence-corrected chi connectivity index (χ0v) is 19.7. The summed E-state index contributed by atoms with van der Waals surface area (Å²) in [6.45, 7) is 5.57. The molecule has 0 radical (unpaired) electrons. The Morgan fingerprint density at radius 1 is 1.03 bits per heavy atom. The maximum absolute atomic E-state index is 12.6. The molecule has 1 aliphatic heterocycles. The highest BCUT2D eigenvalue weighted by atomic mass is 16.6. The lowest BCUT2D eigenvalue weighted by Gasteiger charge is -2.39. The minimum Gasteiger partial charge on any atom is -0.511 e. The molecule has 5 heteroatoms. The van der Waals surface area contributed by atoms with E-state index in [0.717, 1.165) is 19.3 Å². The molecule has 176 valence electrons. The van der Waals surface area contributed by atoms with Gasteiger partial charge in [-0.2, -0.15) is 0 Å². The van der Waals surface area contributed by atoms with E-state index >= 15 is 0 Å². The molecule has 0 spiro atoms. The highest BCUT2D eigenvalue weighted by Gasteiger charge is 2.46. The number of carbonyl (C=O) groups excluding carboxylic acids is 1. The van der Waals surface area contributed by atoms with Crippen molar-refractivity contribution in [2.24, 2.45) is 5.92 Å². The van der Waals surface area contributed by atoms with Gasteiger partial charge in [-0.1, -0.05) is 70.9 Å². The Hall–Kier alpha value is -1.59. The van der Waals surface area contributed by atoms with Gasteiger partial charge in [0, 0.05) is 12.3 Å². The highest BCUT2D eigenvalue weighted by molar-refractivity contribution is 6.01. The van der Waals surface area contributed by atoms with Crippen LogP contribution in [-0.4, -0.2) is 33.0 Å². The van der Waals surface area contributed by atoms with Gasteiger partial charge in [-0.3, -0.25) is 4.79 Å². The number of carbonyl (C=O) groups is 1. The fourth-order valence-electron chi connectivity index (χ4n) is 4.41. The third-order valence-electron chi connectivity index (χ3n) is 6.53. The summed E-state index contributed by atoms with van der Waals surface area (Å²) in [7, 11) is 0. The number of hydrogen-bond acceptors (Lipinski definition) is 5. The smallest absolute Gasteiger partial charge is 0.215 e. The second-order valence-electron chi connectivity index (χ2n) is 9.28. The second-order valence-corrected chi connectivity index (χ2v) is 9.28. The Labute approximate surface area is 187 Å². The minimum atomic E-state index is -1.55. The molecule has 0 aromatic rings. The Morgan fingerprint density at radius 3 is 2.26 bits per heavy atom. The summed E-state index contributed by atoms with van der Waals surface area (Å²) in [5.41, 5.74) is 0.618. The first-order chi connectivity index (χ1) is 14.8. The molecule has 1 saturated heterocycles. The molecule has 0 aromatic carbocycles. The monoisotopic (exact) mass is 434 g/mol. The number of unbranched alkanes of at least 4 members (excludes halogenated alkanes) is 9. The lowest BCUT2D eigenvalue weighted by molar-refractivity contribution is -0.196. The first kappa shape index (κ1) is 25.7. The van der Waals surface area contributed by atoms with E-state index in [1.807, 2.05) is 0 Å². The number of hydrogen-bond donors (Lipinski definition) is 3. The van der Waals surface area contributed by atoms with Crippen LogP contribution in [-0.2, 0) is 9.53 Å². The molecule has 5 nitrogen and oxygen atoms in total. The standard InChI is InChI=1S/C26H42O5/c1-4-5-6-7-8-9-10-11-12-13-14-15-16-17-26(30)18-21(27)22-24(29)19(2)23(28)20(3)25(22)31-26/h7-8,19,23,28-30H,4-6,9-18H2,1-3H3/b8-7+. The van der Waals surface area contributed by atoms with Crippen molar-refractivity contribution in [1.82, 2.24) is 0 Å². The predicted octanol–water partition coefficient (Wildman–Crippen LogP) is 6.02. The van der Waals surface area contributed by atoms with Gasteiger partial charge in [0.2, 0.25) is 5.79 Å². The van der Waals surface area contributed by atoms with Crippen LogP contribution >= 0.6 is 0 Å². The first-order valence-electron chi connectivity index (χ1n) is 12.2. The number of aliphatic hydroxyl groups is 3. The lowest BCUT2D eigenvalue weighted by Crippen LogP contribution is -2.44. The average molecular weight is 435 g/mol. The van der Waals surface area contributed by atoms with E-state index in [0.29, 0.717) is 12.0 Å². The van der Waals surface area contributed by atoms with Crippen molar-refractivity contribution in [1.29, 1.82) is 0 Å². The van der Waals surface area contributed by atoms with Crippen molar-refractivity contribution in [3.05, 3.63) is 34.8 Å². The summed E-state index contributed by atoms with van der Waals surface area (Å²) in [5, 5.41) is 31.4. The molecule has 3 unspecified atom stereocenters. The van der Waals surface area contributed by atoms with E-state index in [-0.39, 0.29) is 29.3 Å². The molecular formula is C26H42O5. The number of aliphatic hydroxyl groups excluding tert-OH is 2. The summed E-state index contributed by atoms with van der Waals surface area (Å²) in [6.07, 6.45) is 16.6. The molecule has 0 bridgehead atoms. The topological polar surface area (TPSA) is 87.0 Å². The van der Waals surface area contributed by atoms with Crippen LogP contribution in [0.1, 0.15) is 104 Å². The first-order valence-corrected chi connectivity index (χ1v) is 12.2. The van der Waals surface area contributed by atoms with Gasteiger partial charge in [-0.05, 0) is 38.2 Å². The van der Waals surface area contributed by atoms with Crippen LogP contribution in [0.5, 0.6) is 0 Å². The van der Waals surface area contributed by atoms with Crippen LogP contribution in [0.3, 0.4) is 0 Å². The minimum absolute atomic E-state index is 0.125. The van der Waals surface area contributed by atoms with Crippen LogP contribution < -0.4 is 0 Å². The van der Waals surface area contributed by atoms with Gasteiger partial charge in [0.15, 0.2) is 5.78 Å². The van der Waals surface area contributed by atoms with Crippen molar-refractivity contribution in [3.8, 4) is 0 Å². The largest absolute Gasteiger partial charge is 0.511 e. The molecular weight excluding hydrogens is 392 g/mol. The molecule has 3 atom stereocenters. The molecule has 0 saturated carbocycles. The van der Waals surface area contributed by atoms with Crippen molar-refractivity contribution >= 4 is 5.78 Å². The normalized spacial score (nSPS) is 26.5. The molecule has 0 amide bonds. The number of Topliss-reactive ketones (excluding diaryl/α,β-unsaturated/α-hetero) is 1. The van der Waals surface area contributed by atoms with Crippen molar-refractivity contribution < 1.29 is 24.9 Å². The molecule has 2 rings (SSSR count). The van der Waals surface area contributed by atoms with Crippen molar-refractivity contribution in [3.63, 3.8) is 0 Å². The van der Waals surface area contributed by atoms with E-state index in [9.17, 15) is 20.1 Å². The van der Waals surface area contributed by atoms with E-state index in [1.54, 1.807) is 13.8 Å². The maximum Gasteiger partial charge on any atom is 0.215 e. The Kier molecular flexibility index (Phi) is 10.3. The number of ether oxygens (including phenoxy) is 1. The van der Waals surface area contributed by atoms with Gasteiger partial charge in [0.1, 0.15) is 11.5 Å². The molecule has 3 N–H and O–H groups in total. The summed E-state index contributed by atoms with van der Waals surface area (Å²) < 4.78 is 5.79. The third-order valence-corrected chi connectivity index (χ3v) is 6.53. The fraction of sp³-hybridized carbons (Fsp3) is 0.731. The van der Waals surface area contributed by atoms with Gasteiger partial charge in [-0.15, -0.1) is 0 Å². The van der Waals surface area contributed by atoms with E-state index < -0.39 is 17.8 Å². The average Bonchev–Trinajstić information content (AvgIpc) is 2.73. The molecule has 2 aliphatic rings. The number of rotatable bonds is 13. The van der Waals surface area contributed by atoms with Crippen LogP contribution in [0.4, 0.5) is 0 Å². The zero-order valence-electron chi connectivity index (χ0n) is 19.7. The third kappa shape index (κ3) is 7.21. The Balaban J connectivity index is 1.67. The van der Waals surface area contributed by atoms with Crippen molar-refractivity contribution in [2.75, 3.05) is 0 Å². The van der Waals surface area contributed by atoms with Gasteiger partial charge < -0.3 is 20.1 Å². The predicted molar refractivity (Wildman–Crippen MR) is 123 cm³/mol. The number of allylic oxidation sites excluding steroid dienone is 3. The zero-order chi connectivity index (χ0) is 22.9. The van der Waals surface area contributed by atoms with Crippen LogP contribution in [0.25, 0.3) is 0 Å². The molecule has 1 fully saturated rings. The van der Waals surface area contributed by atoms with Gasteiger partial charge in [0.05, 0.1) is 18.1 Å². The summed E-state index contributed by atoms with van der Waals surface area (Å²) >= 11 is 0. The fourth-order valence-corrected chi connectivity index (χ4v) is 4.41. The summed E-state index contributed by atoms with van der Waals surface area (Å²) in [5.74, 6) is -2.40. The Morgan fingerprint density at radius 2 is 1.61 bits per heavy atom. The van der Waals surface area contributed by atoms with Gasteiger partial charge >= 0.3 is 0 Å². The van der Waals surface area contributed by atoms with E-state index in [4.69, 9.17) is 4.74 Å². The molecule has 31 heavy (non-hydrogen) atoms. The molecule has 1 aliphatic carbocycles. The van der Waals surface area contributed by atoms with Gasteiger partial charge in [-0.25, -0.2) is 0 Å². The lowest BCUT2D eigenvalue weighted by atomic mass is 9.81. The second kappa shape index (κ2) is 12.4. The Bertz CT molecular complexity index is 690.